The first kappa shape index (κ1) is 14.8. The molecule has 5 nitrogen and oxygen atoms in total. The van der Waals surface area contributed by atoms with Crippen molar-refractivity contribution in [1.29, 1.82) is 0 Å². The number of carbonyl (C=O) groups excluding carboxylic acids is 3. The van der Waals surface area contributed by atoms with Crippen LogP contribution in [0.1, 0.15) is 63.2 Å². The lowest BCUT2D eigenvalue weighted by molar-refractivity contribution is 0.0692. The molecule has 0 aromatic heterocycles. The van der Waals surface area contributed by atoms with Crippen LogP contribution >= 0.6 is 0 Å². The highest BCUT2D eigenvalue weighted by atomic mass is 16.2. The van der Waals surface area contributed by atoms with E-state index in [1.54, 1.807) is 18.2 Å². The molecule has 1 saturated heterocycles. The van der Waals surface area contributed by atoms with Crippen molar-refractivity contribution in [3.63, 3.8) is 0 Å². The maximum absolute atomic E-state index is 12.7. The van der Waals surface area contributed by atoms with Crippen molar-refractivity contribution >= 4 is 17.7 Å². The van der Waals surface area contributed by atoms with Crippen molar-refractivity contribution in [2.75, 3.05) is 20.1 Å². The number of fused-ring (bicyclic) bond motifs is 1. The van der Waals surface area contributed by atoms with E-state index in [2.05, 4.69) is 0 Å². The topological polar surface area (TPSA) is 57.7 Å². The molecule has 5 heteroatoms. The van der Waals surface area contributed by atoms with E-state index in [4.69, 9.17) is 0 Å². The van der Waals surface area contributed by atoms with E-state index >= 15 is 0 Å². The summed E-state index contributed by atoms with van der Waals surface area (Å²) in [5, 5.41) is 0. The molecule has 0 saturated carbocycles. The monoisotopic (exact) mass is 300 g/mol. The Morgan fingerprint density at radius 1 is 0.909 bits per heavy atom. The van der Waals surface area contributed by atoms with Gasteiger partial charge in [-0.15, -0.1) is 0 Å². The third-order valence-electron chi connectivity index (χ3n) is 4.48. The summed E-state index contributed by atoms with van der Waals surface area (Å²) in [6, 6.07) is 4.82. The lowest BCUT2D eigenvalue weighted by Gasteiger charge is -2.25. The zero-order valence-corrected chi connectivity index (χ0v) is 12.8. The number of nitrogens with zero attached hydrogens (tertiary/aromatic N) is 2. The Kier molecular flexibility index (Phi) is 3.96. The molecule has 1 aromatic carbocycles. The highest BCUT2D eigenvalue weighted by Gasteiger charge is 2.33. The van der Waals surface area contributed by atoms with E-state index in [0.29, 0.717) is 16.7 Å². The molecule has 2 aliphatic rings. The summed E-state index contributed by atoms with van der Waals surface area (Å²) in [6.07, 6.45) is 5.61. The van der Waals surface area contributed by atoms with Crippen LogP contribution in [-0.2, 0) is 0 Å². The molecular formula is C17H20N2O3. The maximum atomic E-state index is 12.7. The average molecular weight is 300 g/mol. The van der Waals surface area contributed by atoms with E-state index in [1.807, 2.05) is 4.90 Å². The fraction of sp³-hybridized carbons (Fsp3) is 0.471. The minimum atomic E-state index is -0.331. The van der Waals surface area contributed by atoms with Gasteiger partial charge in [0.1, 0.15) is 0 Å². The first-order valence-corrected chi connectivity index (χ1v) is 7.85. The SMILES string of the molecule is CN1C(=O)c2ccc(C(=O)N3CCCCCCC3)cc2C1=O. The van der Waals surface area contributed by atoms with Crippen molar-refractivity contribution < 1.29 is 14.4 Å². The number of benzene rings is 1. The average Bonchev–Trinajstić information content (AvgIpc) is 2.71. The molecule has 0 radical (unpaired) electrons. The Morgan fingerprint density at radius 2 is 1.50 bits per heavy atom. The van der Waals surface area contributed by atoms with E-state index in [-0.39, 0.29) is 17.7 Å². The molecule has 116 valence electrons. The number of hydrogen-bond donors (Lipinski definition) is 0. The first-order valence-electron chi connectivity index (χ1n) is 7.85. The molecule has 2 heterocycles. The number of carbonyl (C=O) groups is 3. The van der Waals surface area contributed by atoms with Gasteiger partial charge in [-0.25, -0.2) is 0 Å². The quantitative estimate of drug-likeness (QED) is 0.748. The van der Waals surface area contributed by atoms with Crippen LogP contribution in [0.3, 0.4) is 0 Å². The van der Waals surface area contributed by atoms with Crippen LogP contribution in [0.15, 0.2) is 18.2 Å². The van der Waals surface area contributed by atoms with Crippen molar-refractivity contribution in [3.8, 4) is 0 Å². The fourth-order valence-electron chi connectivity index (χ4n) is 3.13. The molecule has 0 aliphatic carbocycles. The van der Waals surface area contributed by atoms with Gasteiger partial charge in [-0.3, -0.25) is 19.3 Å². The van der Waals surface area contributed by atoms with Crippen LogP contribution in [0, 0.1) is 0 Å². The third kappa shape index (κ3) is 2.51. The van der Waals surface area contributed by atoms with Crippen LogP contribution in [0.5, 0.6) is 0 Å². The Bertz CT molecular complexity index is 631. The maximum Gasteiger partial charge on any atom is 0.261 e. The molecule has 0 atom stereocenters. The normalized spacial score (nSPS) is 19.0. The minimum Gasteiger partial charge on any atom is -0.339 e. The Morgan fingerprint density at radius 3 is 2.18 bits per heavy atom. The summed E-state index contributed by atoms with van der Waals surface area (Å²) >= 11 is 0. The highest BCUT2D eigenvalue weighted by molar-refractivity contribution is 6.21. The minimum absolute atomic E-state index is 0.0421. The van der Waals surface area contributed by atoms with E-state index < -0.39 is 0 Å². The summed E-state index contributed by atoms with van der Waals surface area (Å²) in [4.78, 5) is 39.5. The molecule has 3 rings (SSSR count). The Hall–Kier alpha value is -2.17. The summed E-state index contributed by atoms with van der Waals surface area (Å²) in [5.41, 5.74) is 1.22. The van der Waals surface area contributed by atoms with E-state index in [1.165, 1.54) is 13.5 Å². The molecule has 0 bridgehead atoms. The molecular weight excluding hydrogens is 280 g/mol. The molecule has 22 heavy (non-hydrogen) atoms. The summed E-state index contributed by atoms with van der Waals surface area (Å²) < 4.78 is 0. The van der Waals surface area contributed by atoms with Gasteiger partial charge in [0.05, 0.1) is 11.1 Å². The molecule has 0 spiro atoms. The van der Waals surface area contributed by atoms with Crippen LogP contribution < -0.4 is 0 Å². The van der Waals surface area contributed by atoms with Gasteiger partial charge >= 0.3 is 0 Å². The zero-order chi connectivity index (χ0) is 15.7. The van der Waals surface area contributed by atoms with Gasteiger partial charge in [-0.2, -0.15) is 0 Å². The fourth-order valence-corrected chi connectivity index (χ4v) is 3.13. The Labute approximate surface area is 129 Å². The second kappa shape index (κ2) is 5.91. The second-order valence-electron chi connectivity index (χ2n) is 5.99. The van der Waals surface area contributed by atoms with E-state index in [9.17, 15) is 14.4 Å². The molecule has 1 fully saturated rings. The zero-order valence-electron chi connectivity index (χ0n) is 12.8. The smallest absolute Gasteiger partial charge is 0.261 e. The van der Waals surface area contributed by atoms with Crippen LogP contribution in [-0.4, -0.2) is 47.7 Å². The van der Waals surface area contributed by atoms with Gasteiger partial charge in [0, 0.05) is 25.7 Å². The number of rotatable bonds is 1. The van der Waals surface area contributed by atoms with Crippen molar-refractivity contribution in [2.24, 2.45) is 0 Å². The highest BCUT2D eigenvalue weighted by Crippen LogP contribution is 2.23. The van der Waals surface area contributed by atoms with Crippen LogP contribution in [0.2, 0.25) is 0 Å². The van der Waals surface area contributed by atoms with Gasteiger partial charge < -0.3 is 4.90 Å². The molecule has 0 unspecified atom stereocenters. The van der Waals surface area contributed by atoms with Gasteiger partial charge in [0.15, 0.2) is 0 Å². The standard InChI is InChI=1S/C17H20N2O3/c1-18-16(21)13-8-7-12(11-14(13)17(18)22)15(20)19-9-5-3-2-4-6-10-19/h7-8,11H,2-6,9-10H2,1H3. The van der Waals surface area contributed by atoms with Gasteiger partial charge in [-0.1, -0.05) is 19.3 Å². The van der Waals surface area contributed by atoms with Gasteiger partial charge in [0.25, 0.3) is 17.7 Å². The lowest BCUT2D eigenvalue weighted by Crippen LogP contribution is -2.33. The number of hydrogen-bond acceptors (Lipinski definition) is 3. The van der Waals surface area contributed by atoms with Crippen molar-refractivity contribution in [3.05, 3.63) is 34.9 Å². The number of likely N-dealkylation sites (tertiary alicyclic amines) is 1. The van der Waals surface area contributed by atoms with Crippen LogP contribution in [0.25, 0.3) is 0 Å². The van der Waals surface area contributed by atoms with Crippen molar-refractivity contribution in [2.45, 2.75) is 32.1 Å². The van der Waals surface area contributed by atoms with E-state index in [0.717, 1.165) is 43.7 Å². The number of amides is 3. The summed E-state index contributed by atoms with van der Waals surface area (Å²) in [6.45, 7) is 1.53. The molecule has 0 N–H and O–H groups in total. The van der Waals surface area contributed by atoms with Gasteiger partial charge in [0.2, 0.25) is 0 Å². The predicted octanol–water partition coefficient (Wildman–Crippen LogP) is 2.32. The van der Waals surface area contributed by atoms with Crippen molar-refractivity contribution in [1.82, 2.24) is 9.80 Å². The predicted molar refractivity (Wildman–Crippen MR) is 81.9 cm³/mol. The lowest BCUT2D eigenvalue weighted by atomic mass is 10.0. The van der Waals surface area contributed by atoms with Gasteiger partial charge in [-0.05, 0) is 31.0 Å². The molecule has 2 aliphatic heterocycles. The first-order chi connectivity index (χ1) is 10.6. The third-order valence-corrected chi connectivity index (χ3v) is 4.48. The Balaban J connectivity index is 1.85. The summed E-state index contributed by atoms with van der Waals surface area (Å²) in [7, 11) is 1.46. The second-order valence-corrected chi connectivity index (χ2v) is 5.99. The van der Waals surface area contributed by atoms with Crippen LogP contribution in [0.4, 0.5) is 0 Å². The molecule has 3 amide bonds. The summed E-state index contributed by atoms with van der Waals surface area (Å²) in [5.74, 6) is -0.674. The largest absolute Gasteiger partial charge is 0.339 e. The number of imide groups is 1. The molecule has 1 aromatic rings.